The van der Waals surface area contributed by atoms with Gasteiger partial charge in [0.2, 0.25) is 0 Å². The van der Waals surface area contributed by atoms with Gasteiger partial charge in [0.05, 0.1) is 6.07 Å². The zero-order valence-electron chi connectivity index (χ0n) is 3.92. The van der Waals surface area contributed by atoms with Crippen LogP contribution in [0, 0.1) is 6.07 Å². The van der Waals surface area contributed by atoms with Crippen molar-refractivity contribution in [1.82, 2.24) is 0 Å². The molecular weight excluding hydrogens is 108 g/mol. The first-order valence-corrected chi connectivity index (χ1v) is 1.98. The molecule has 0 aliphatic carbocycles. The molecule has 0 saturated heterocycles. The molecule has 0 aromatic carbocycles. The number of rotatable bonds is 0. The van der Waals surface area contributed by atoms with Crippen LogP contribution < -0.4 is 5.63 Å². The van der Waals surface area contributed by atoms with Crippen molar-refractivity contribution in [3.8, 4) is 5.75 Å². The van der Waals surface area contributed by atoms with Crippen molar-refractivity contribution in [2.75, 3.05) is 0 Å². The normalized spacial score (nSPS) is 9.00. The van der Waals surface area contributed by atoms with Gasteiger partial charge in [-0.1, -0.05) is 0 Å². The summed E-state index contributed by atoms with van der Waals surface area (Å²) in [6.07, 6.45) is 0.957. The van der Waals surface area contributed by atoms with Crippen LogP contribution >= 0.6 is 0 Å². The lowest BCUT2D eigenvalue weighted by Gasteiger charge is -1.81. The third-order valence-corrected chi connectivity index (χ3v) is 0.625. The summed E-state index contributed by atoms with van der Waals surface area (Å²) in [4.78, 5) is 10.1. The third-order valence-electron chi connectivity index (χ3n) is 0.625. The van der Waals surface area contributed by atoms with Gasteiger partial charge in [0, 0.05) is 0 Å². The second-order valence-electron chi connectivity index (χ2n) is 1.24. The number of hydrogen-bond donors (Lipinski definition) is 1. The van der Waals surface area contributed by atoms with E-state index < -0.39 is 5.63 Å². The van der Waals surface area contributed by atoms with Gasteiger partial charge >= 0.3 is 5.63 Å². The van der Waals surface area contributed by atoms with Crippen molar-refractivity contribution < 1.29 is 9.52 Å². The van der Waals surface area contributed by atoms with E-state index in [1.54, 1.807) is 0 Å². The second kappa shape index (κ2) is 1.69. The molecule has 1 N–H and O–H groups in total. The molecule has 1 heterocycles. The molecule has 1 aromatic rings. The van der Waals surface area contributed by atoms with Crippen molar-refractivity contribution in [3.05, 3.63) is 28.8 Å². The van der Waals surface area contributed by atoms with Crippen LogP contribution in [0.15, 0.2) is 21.5 Å². The molecule has 0 unspecified atom stereocenters. The Morgan fingerprint density at radius 2 is 2.50 bits per heavy atom. The molecule has 0 amide bonds. The highest BCUT2D eigenvalue weighted by Gasteiger charge is 1.85. The molecule has 0 aliphatic rings. The zero-order chi connectivity index (χ0) is 5.98. The van der Waals surface area contributed by atoms with Gasteiger partial charge in [-0.3, -0.25) is 0 Å². The van der Waals surface area contributed by atoms with Crippen LogP contribution in [0.1, 0.15) is 0 Å². The summed E-state index contributed by atoms with van der Waals surface area (Å²) in [6.45, 7) is 0. The number of hydrogen-bond acceptors (Lipinski definition) is 3. The van der Waals surface area contributed by atoms with E-state index >= 15 is 0 Å². The molecule has 0 spiro atoms. The molecule has 0 fully saturated rings. The van der Waals surface area contributed by atoms with Gasteiger partial charge in [-0.15, -0.1) is 0 Å². The van der Waals surface area contributed by atoms with E-state index in [0.717, 1.165) is 12.3 Å². The van der Waals surface area contributed by atoms with E-state index in [2.05, 4.69) is 10.5 Å². The Morgan fingerprint density at radius 1 is 1.75 bits per heavy atom. The lowest BCUT2D eigenvalue weighted by molar-refractivity contribution is 0.422. The summed E-state index contributed by atoms with van der Waals surface area (Å²) < 4.78 is 4.20. The highest BCUT2D eigenvalue weighted by atomic mass is 16.4. The Balaban J connectivity index is 3.22. The maximum Gasteiger partial charge on any atom is 0.344 e. The van der Waals surface area contributed by atoms with Crippen molar-refractivity contribution >= 4 is 0 Å². The first-order valence-electron chi connectivity index (χ1n) is 1.98. The van der Waals surface area contributed by atoms with Crippen LogP contribution in [-0.2, 0) is 0 Å². The Bertz CT molecular complexity index is 205. The largest absolute Gasteiger partial charge is 0.505 e. The van der Waals surface area contributed by atoms with Gasteiger partial charge in [-0.05, 0) is 6.07 Å². The fourth-order valence-corrected chi connectivity index (χ4v) is 0.315. The minimum Gasteiger partial charge on any atom is -0.505 e. The lowest BCUT2D eigenvalue weighted by atomic mass is 10.5. The van der Waals surface area contributed by atoms with Crippen molar-refractivity contribution in [3.63, 3.8) is 0 Å². The second-order valence-corrected chi connectivity index (χ2v) is 1.24. The van der Waals surface area contributed by atoms with Crippen LogP contribution in [0.5, 0.6) is 5.75 Å². The average Bonchev–Trinajstić information content (AvgIpc) is 1.77. The van der Waals surface area contributed by atoms with Gasteiger partial charge in [0.25, 0.3) is 0 Å². The van der Waals surface area contributed by atoms with Gasteiger partial charge in [-0.2, -0.15) is 0 Å². The minimum absolute atomic E-state index is 0.0930. The first kappa shape index (κ1) is 4.90. The van der Waals surface area contributed by atoms with Crippen LogP contribution in [0.4, 0.5) is 0 Å². The van der Waals surface area contributed by atoms with E-state index in [1.807, 2.05) is 0 Å². The zero-order valence-corrected chi connectivity index (χ0v) is 3.92. The molecular formula is C5H3O3. The van der Waals surface area contributed by atoms with E-state index in [-0.39, 0.29) is 5.75 Å². The minimum atomic E-state index is -0.581. The predicted octanol–water partition coefficient (Wildman–Crippen LogP) is 0.146. The summed E-state index contributed by atoms with van der Waals surface area (Å²) in [6, 6.07) is 3.27. The van der Waals surface area contributed by atoms with Crippen molar-refractivity contribution in [2.24, 2.45) is 0 Å². The average molecular weight is 111 g/mol. The van der Waals surface area contributed by atoms with Crippen LogP contribution in [0.2, 0.25) is 0 Å². The summed E-state index contributed by atoms with van der Waals surface area (Å²) in [5.74, 6) is -0.0930. The van der Waals surface area contributed by atoms with E-state index in [1.165, 1.54) is 0 Å². The summed E-state index contributed by atoms with van der Waals surface area (Å²) >= 11 is 0. The molecule has 0 bridgehead atoms. The fraction of sp³-hybridized carbons (Fsp3) is 0. The Morgan fingerprint density at radius 3 is 2.88 bits per heavy atom. The fourth-order valence-electron chi connectivity index (χ4n) is 0.315. The summed E-state index contributed by atoms with van der Waals surface area (Å²) in [7, 11) is 0. The van der Waals surface area contributed by atoms with Gasteiger partial charge in [0.15, 0.2) is 5.75 Å². The standard InChI is InChI=1S/C5H3O3/c6-4-1-2-5(7)8-3-4/h1,3,6H. The highest BCUT2D eigenvalue weighted by Crippen LogP contribution is 1.99. The van der Waals surface area contributed by atoms with Gasteiger partial charge in [0.1, 0.15) is 6.26 Å². The first-order chi connectivity index (χ1) is 3.79. The molecule has 3 heteroatoms. The Kier molecular flexibility index (Phi) is 1.04. The van der Waals surface area contributed by atoms with Crippen LogP contribution in [0.25, 0.3) is 0 Å². The van der Waals surface area contributed by atoms with Crippen molar-refractivity contribution in [1.29, 1.82) is 0 Å². The third kappa shape index (κ3) is 0.872. The highest BCUT2D eigenvalue weighted by molar-refractivity contribution is 5.09. The molecule has 0 saturated carbocycles. The Hall–Kier alpha value is -1.25. The monoisotopic (exact) mass is 111 g/mol. The molecule has 41 valence electrons. The van der Waals surface area contributed by atoms with Crippen LogP contribution in [-0.4, -0.2) is 5.11 Å². The Labute approximate surface area is 45.2 Å². The SMILES string of the molecule is O=c1[c]cc(O)co1. The molecule has 3 nitrogen and oxygen atoms in total. The van der Waals surface area contributed by atoms with Crippen LogP contribution in [0.3, 0.4) is 0 Å². The van der Waals surface area contributed by atoms with Gasteiger partial charge < -0.3 is 9.52 Å². The summed E-state index contributed by atoms with van der Waals surface area (Å²) in [5.41, 5.74) is -0.581. The smallest absolute Gasteiger partial charge is 0.344 e. The van der Waals surface area contributed by atoms with Crippen molar-refractivity contribution in [2.45, 2.75) is 0 Å². The molecule has 0 aliphatic heterocycles. The summed E-state index contributed by atoms with van der Waals surface area (Å²) in [5, 5.41) is 8.49. The molecule has 1 aromatic heterocycles. The maximum atomic E-state index is 10.1. The van der Waals surface area contributed by atoms with E-state index in [4.69, 9.17) is 5.11 Å². The molecule has 1 radical (unpaired) electrons. The quantitative estimate of drug-likeness (QED) is 0.518. The lowest BCUT2D eigenvalue weighted by Crippen LogP contribution is -1.92. The van der Waals surface area contributed by atoms with Gasteiger partial charge in [-0.25, -0.2) is 4.79 Å². The van der Waals surface area contributed by atoms with E-state index in [9.17, 15) is 4.79 Å². The molecule has 0 atom stereocenters. The predicted molar refractivity (Wildman–Crippen MR) is 25.5 cm³/mol. The topological polar surface area (TPSA) is 50.4 Å². The van der Waals surface area contributed by atoms with E-state index in [0.29, 0.717) is 0 Å². The maximum absolute atomic E-state index is 10.1. The molecule has 8 heavy (non-hydrogen) atoms. The number of aromatic hydroxyl groups is 1. The molecule has 1 rings (SSSR count).